The van der Waals surface area contributed by atoms with Gasteiger partial charge in [-0.05, 0) is 37.1 Å². The summed E-state index contributed by atoms with van der Waals surface area (Å²) in [6.45, 7) is 4.09. The summed E-state index contributed by atoms with van der Waals surface area (Å²) in [4.78, 5) is 14.0. The molecule has 1 aliphatic heterocycles. The number of hydrogen-bond donors (Lipinski definition) is 1. The third-order valence-corrected chi connectivity index (χ3v) is 6.38. The van der Waals surface area contributed by atoms with E-state index in [4.69, 9.17) is 4.42 Å². The first kappa shape index (κ1) is 17.8. The van der Waals surface area contributed by atoms with Gasteiger partial charge in [-0.1, -0.05) is 18.2 Å². The van der Waals surface area contributed by atoms with Crippen LogP contribution in [0.3, 0.4) is 0 Å². The van der Waals surface area contributed by atoms with E-state index in [1.807, 2.05) is 19.1 Å². The van der Waals surface area contributed by atoms with E-state index in [2.05, 4.69) is 21.8 Å². The quantitative estimate of drug-likeness (QED) is 0.699. The Kier molecular flexibility index (Phi) is 4.53. The fraction of sp³-hybridized carbons (Fsp3) is 0.316. The van der Waals surface area contributed by atoms with E-state index >= 15 is 0 Å². The molecule has 0 saturated heterocycles. The highest BCUT2D eigenvalue weighted by Crippen LogP contribution is 2.26. The lowest BCUT2D eigenvalue weighted by Crippen LogP contribution is -2.34. The van der Waals surface area contributed by atoms with Gasteiger partial charge >= 0.3 is 5.76 Å². The minimum atomic E-state index is -3.68. The Balaban J connectivity index is 1.48. The summed E-state index contributed by atoms with van der Waals surface area (Å²) < 4.78 is 34.5. The summed E-state index contributed by atoms with van der Waals surface area (Å²) >= 11 is 0. The number of benzene rings is 2. The van der Waals surface area contributed by atoms with E-state index in [1.54, 1.807) is 6.07 Å². The van der Waals surface area contributed by atoms with Crippen molar-refractivity contribution in [2.75, 3.05) is 24.5 Å². The van der Waals surface area contributed by atoms with Gasteiger partial charge in [0, 0.05) is 37.9 Å². The first-order chi connectivity index (χ1) is 13.0. The molecule has 2 aromatic carbocycles. The molecule has 7 nitrogen and oxygen atoms in total. The minimum Gasteiger partial charge on any atom is -0.408 e. The monoisotopic (exact) mass is 387 g/mol. The average molecular weight is 387 g/mol. The zero-order valence-electron chi connectivity index (χ0n) is 15.0. The molecule has 142 valence electrons. The van der Waals surface area contributed by atoms with Crippen LogP contribution in [0.5, 0.6) is 0 Å². The molecular weight excluding hydrogens is 366 g/mol. The van der Waals surface area contributed by atoms with E-state index in [9.17, 15) is 13.2 Å². The van der Waals surface area contributed by atoms with Gasteiger partial charge in [0.05, 0.1) is 10.4 Å². The zero-order chi connectivity index (χ0) is 19.0. The summed E-state index contributed by atoms with van der Waals surface area (Å²) in [6, 6.07) is 12.7. The maximum absolute atomic E-state index is 12.6. The Morgan fingerprint density at radius 3 is 2.81 bits per heavy atom. The Morgan fingerprint density at radius 2 is 2.00 bits per heavy atom. The lowest BCUT2D eigenvalue weighted by molar-refractivity contribution is 0.512. The summed E-state index contributed by atoms with van der Waals surface area (Å²) in [6.07, 6.45) is 0.979. The smallest absolute Gasteiger partial charge is 0.408 e. The Labute approximate surface area is 157 Å². The predicted octanol–water partition coefficient (Wildman–Crippen LogP) is 1.96. The van der Waals surface area contributed by atoms with E-state index in [1.165, 1.54) is 28.0 Å². The van der Waals surface area contributed by atoms with E-state index in [0.29, 0.717) is 25.2 Å². The molecule has 0 bridgehead atoms. The number of rotatable bonds is 6. The Morgan fingerprint density at radius 1 is 1.19 bits per heavy atom. The second kappa shape index (κ2) is 6.86. The molecule has 0 aliphatic carbocycles. The zero-order valence-corrected chi connectivity index (χ0v) is 15.8. The highest BCUT2D eigenvalue weighted by molar-refractivity contribution is 7.89. The largest absolute Gasteiger partial charge is 0.419 e. The molecule has 0 atom stereocenters. The van der Waals surface area contributed by atoms with Crippen LogP contribution in [0.25, 0.3) is 11.1 Å². The Bertz CT molecular complexity index is 1150. The van der Waals surface area contributed by atoms with Gasteiger partial charge < -0.3 is 9.32 Å². The molecular formula is C19H21N3O4S. The average Bonchev–Trinajstić information content (AvgIpc) is 3.21. The summed E-state index contributed by atoms with van der Waals surface area (Å²) in [5, 5.41) is 0. The van der Waals surface area contributed by atoms with Crippen LogP contribution >= 0.6 is 0 Å². The van der Waals surface area contributed by atoms with Gasteiger partial charge in [0.2, 0.25) is 10.0 Å². The number of anilines is 1. The normalized spacial score (nSPS) is 14.0. The van der Waals surface area contributed by atoms with Crippen LogP contribution in [-0.2, 0) is 23.0 Å². The number of nitrogens with zero attached hydrogens (tertiary/aromatic N) is 2. The summed E-state index contributed by atoms with van der Waals surface area (Å²) in [7, 11) is -3.68. The van der Waals surface area contributed by atoms with Crippen molar-refractivity contribution in [1.82, 2.24) is 9.29 Å². The maximum Gasteiger partial charge on any atom is 0.419 e. The van der Waals surface area contributed by atoms with E-state index in [0.717, 1.165) is 13.0 Å². The molecule has 2 heterocycles. The number of para-hydroxylation sites is 1. The van der Waals surface area contributed by atoms with Crippen LogP contribution in [0, 0.1) is 0 Å². The fourth-order valence-corrected chi connectivity index (χ4v) is 4.59. The third-order valence-electron chi connectivity index (χ3n) is 4.92. The summed E-state index contributed by atoms with van der Waals surface area (Å²) in [5.41, 5.74) is 3.33. The fourth-order valence-electron chi connectivity index (χ4n) is 3.55. The molecule has 0 unspecified atom stereocenters. The second-order valence-electron chi connectivity index (χ2n) is 6.51. The van der Waals surface area contributed by atoms with Crippen molar-refractivity contribution < 1.29 is 12.8 Å². The van der Waals surface area contributed by atoms with Gasteiger partial charge in [-0.15, -0.1) is 0 Å². The second-order valence-corrected chi connectivity index (χ2v) is 8.27. The standard InChI is InChI=1S/C19H21N3O4S/c1-2-22-17-8-7-15(13-18(17)26-19(22)23)27(24,25)20-10-12-21-11-9-14-5-3-4-6-16(14)21/h3-8,13,20H,2,9-12H2,1H3. The van der Waals surface area contributed by atoms with Crippen molar-refractivity contribution in [3.05, 3.63) is 58.6 Å². The molecule has 27 heavy (non-hydrogen) atoms. The van der Waals surface area contributed by atoms with Gasteiger partial charge in [-0.3, -0.25) is 4.57 Å². The van der Waals surface area contributed by atoms with Crippen LogP contribution in [0.1, 0.15) is 12.5 Å². The SMILES string of the molecule is CCn1c(=O)oc2cc(S(=O)(=O)NCCN3CCc4ccccc43)ccc21. The number of hydrogen-bond acceptors (Lipinski definition) is 5. The molecule has 0 fully saturated rings. The van der Waals surface area contributed by atoms with Crippen LogP contribution in [-0.4, -0.2) is 32.6 Å². The van der Waals surface area contributed by atoms with Crippen LogP contribution in [0.4, 0.5) is 5.69 Å². The number of fused-ring (bicyclic) bond motifs is 2. The number of aromatic nitrogens is 1. The lowest BCUT2D eigenvalue weighted by Gasteiger charge is -2.19. The Hall–Kier alpha value is -2.58. The summed E-state index contributed by atoms with van der Waals surface area (Å²) in [5.74, 6) is -0.484. The van der Waals surface area contributed by atoms with Crippen molar-refractivity contribution >= 4 is 26.8 Å². The van der Waals surface area contributed by atoms with Crippen LogP contribution < -0.4 is 15.4 Å². The number of oxazole rings is 1. The third kappa shape index (κ3) is 3.26. The predicted molar refractivity (Wildman–Crippen MR) is 104 cm³/mol. The number of aryl methyl sites for hydroxylation is 1. The molecule has 3 aromatic rings. The molecule has 0 spiro atoms. The first-order valence-electron chi connectivity index (χ1n) is 8.95. The first-order valence-corrected chi connectivity index (χ1v) is 10.4. The highest BCUT2D eigenvalue weighted by atomic mass is 32.2. The number of nitrogens with one attached hydrogen (secondary N) is 1. The van der Waals surface area contributed by atoms with E-state index in [-0.39, 0.29) is 10.5 Å². The van der Waals surface area contributed by atoms with E-state index < -0.39 is 15.8 Å². The van der Waals surface area contributed by atoms with Crippen molar-refractivity contribution in [1.29, 1.82) is 0 Å². The highest BCUT2D eigenvalue weighted by Gasteiger charge is 2.20. The molecule has 0 amide bonds. The molecule has 8 heteroatoms. The molecule has 1 aliphatic rings. The topological polar surface area (TPSA) is 84.5 Å². The lowest BCUT2D eigenvalue weighted by atomic mass is 10.2. The van der Waals surface area contributed by atoms with Crippen LogP contribution in [0.15, 0.2) is 56.6 Å². The van der Waals surface area contributed by atoms with Gasteiger partial charge in [0.25, 0.3) is 0 Å². The molecule has 1 aromatic heterocycles. The van der Waals surface area contributed by atoms with Crippen molar-refractivity contribution in [2.24, 2.45) is 0 Å². The number of sulfonamides is 1. The van der Waals surface area contributed by atoms with Crippen LogP contribution in [0.2, 0.25) is 0 Å². The molecule has 4 rings (SSSR count). The molecule has 0 saturated carbocycles. The van der Waals surface area contributed by atoms with Crippen molar-refractivity contribution in [3.63, 3.8) is 0 Å². The van der Waals surface area contributed by atoms with Crippen molar-refractivity contribution in [2.45, 2.75) is 24.8 Å². The minimum absolute atomic E-state index is 0.0915. The maximum atomic E-state index is 12.6. The molecule has 1 N–H and O–H groups in total. The van der Waals surface area contributed by atoms with Gasteiger partial charge in [0.15, 0.2) is 5.58 Å². The van der Waals surface area contributed by atoms with Gasteiger partial charge in [-0.2, -0.15) is 0 Å². The van der Waals surface area contributed by atoms with Crippen molar-refractivity contribution in [3.8, 4) is 0 Å². The van der Waals surface area contributed by atoms with Gasteiger partial charge in [0.1, 0.15) is 0 Å². The molecule has 0 radical (unpaired) electrons. The van der Waals surface area contributed by atoms with Gasteiger partial charge in [-0.25, -0.2) is 17.9 Å².